The predicted octanol–water partition coefficient (Wildman–Crippen LogP) is 4.25. The predicted molar refractivity (Wildman–Crippen MR) is 104 cm³/mol. The number of nitrogens with one attached hydrogen (secondary N) is 2. The average molecular weight is 370 g/mol. The van der Waals surface area contributed by atoms with Crippen LogP contribution < -0.4 is 10.1 Å². The Kier molecular flexibility index (Phi) is 5.84. The van der Waals surface area contributed by atoms with Gasteiger partial charge in [0.05, 0.1) is 18.8 Å². The van der Waals surface area contributed by atoms with Crippen LogP contribution in [0.5, 0.6) is 5.75 Å². The molecular formula is C21H26N2O4. The van der Waals surface area contributed by atoms with E-state index in [1.165, 1.54) is 20.0 Å². The minimum atomic E-state index is -0.438. The number of benzene rings is 1. The maximum Gasteiger partial charge on any atom is 0.339 e. The van der Waals surface area contributed by atoms with E-state index in [1.807, 2.05) is 31.2 Å². The van der Waals surface area contributed by atoms with Gasteiger partial charge in [0.25, 0.3) is 5.91 Å². The molecule has 144 valence electrons. The molecule has 6 heteroatoms. The summed E-state index contributed by atoms with van der Waals surface area (Å²) >= 11 is 0. The number of H-pyrrole nitrogens is 1. The van der Waals surface area contributed by atoms with Gasteiger partial charge in [-0.1, -0.05) is 13.0 Å². The molecule has 0 aliphatic heterocycles. The summed E-state index contributed by atoms with van der Waals surface area (Å²) in [6.45, 7) is 3.67. The molecule has 1 aromatic heterocycles. The van der Waals surface area contributed by atoms with Crippen LogP contribution in [-0.4, -0.2) is 30.1 Å². The van der Waals surface area contributed by atoms with Crippen LogP contribution in [0.2, 0.25) is 0 Å². The first-order chi connectivity index (χ1) is 13.0. The lowest BCUT2D eigenvalue weighted by Gasteiger charge is -2.14. The van der Waals surface area contributed by atoms with Gasteiger partial charge in [0.15, 0.2) is 0 Å². The van der Waals surface area contributed by atoms with Crippen LogP contribution >= 0.6 is 0 Å². The van der Waals surface area contributed by atoms with Crippen molar-refractivity contribution in [1.82, 2.24) is 4.98 Å². The van der Waals surface area contributed by atoms with Crippen molar-refractivity contribution >= 4 is 17.6 Å². The molecule has 0 spiro atoms. The second-order valence-electron chi connectivity index (χ2n) is 6.83. The summed E-state index contributed by atoms with van der Waals surface area (Å²) in [4.78, 5) is 27.8. The second-order valence-corrected chi connectivity index (χ2v) is 6.83. The highest BCUT2D eigenvalue weighted by molar-refractivity contribution is 6.06. The van der Waals surface area contributed by atoms with Crippen LogP contribution in [0.3, 0.4) is 0 Å². The lowest BCUT2D eigenvalue weighted by Crippen LogP contribution is -2.15. The quantitative estimate of drug-likeness (QED) is 0.745. The highest BCUT2D eigenvalue weighted by Gasteiger charge is 2.24. The molecule has 0 radical (unpaired) electrons. The maximum atomic E-state index is 12.7. The van der Waals surface area contributed by atoms with Crippen LogP contribution in [-0.2, 0) is 11.2 Å². The van der Waals surface area contributed by atoms with Gasteiger partial charge in [-0.3, -0.25) is 4.79 Å². The molecule has 1 aromatic carbocycles. The highest BCUT2D eigenvalue weighted by Crippen LogP contribution is 2.26. The Morgan fingerprint density at radius 1 is 1.26 bits per heavy atom. The third-order valence-electron chi connectivity index (χ3n) is 4.99. The zero-order chi connectivity index (χ0) is 19.4. The van der Waals surface area contributed by atoms with E-state index in [0.717, 1.165) is 18.6 Å². The largest absolute Gasteiger partial charge is 0.490 e. The van der Waals surface area contributed by atoms with E-state index in [2.05, 4.69) is 10.3 Å². The average Bonchev–Trinajstić information content (AvgIpc) is 3.28. The topological polar surface area (TPSA) is 80.4 Å². The molecule has 1 saturated carbocycles. The van der Waals surface area contributed by atoms with E-state index in [0.29, 0.717) is 34.6 Å². The zero-order valence-corrected chi connectivity index (χ0v) is 16.1. The van der Waals surface area contributed by atoms with Crippen molar-refractivity contribution in [2.75, 3.05) is 12.4 Å². The molecule has 1 aliphatic carbocycles. The first-order valence-electron chi connectivity index (χ1n) is 9.41. The van der Waals surface area contributed by atoms with E-state index in [9.17, 15) is 9.59 Å². The number of hydrogen-bond acceptors (Lipinski definition) is 4. The number of anilines is 1. The molecule has 27 heavy (non-hydrogen) atoms. The summed E-state index contributed by atoms with van der Waals surface area (Å²) in [7, 11) is 1.34. The van der Waals surface area contributed by atoms with Crippen LogP contribution in [0.25, 0.3) is 0 Å². The van der Waals surface area contributed by atoms with Crippen molar-refractivity contribution in [2.24, 2.45) is 0 Å². The van der Waals surface area contributed by atoms with Crippen LogP contribution in [0.4, 0.5) is 5.69 Å². The molecule has 2 aromatic rings. The number of carbonyl (C=O) groups is 2. The van der Waals surface area contributed by atoms with E-state index in [-0.39, 0.29) is 12.0 Å². The van der Waals surface area contributed by atoms with Gasteiger partial charge < -0.3 is 19.8 Å². The van der Waals surface area contributed by atoms with Gasteiger partial charge in [-0.2, -0.15) is 0 Å². The molecule has 1 fully saturated rings. The van der Waals surface area contributed by atoms with Gasteiger partial charge in [-0.25, -0.2) is 4.79 Å². The number of hydrogen-bond donors (Lipinski definition) is 2. The lowest BCUT2D eigenvalue weighted by atomic mass is 10.1. The molecular weight excluding hydrogens is 344 g/mol. The minimum Gasteiger partial charge on any atom is -0.490 e. The molecule has 2 N–H and O–H groups in total. The summed E-state index contributed by atoms with van der Waals surface area (Å²) in [5.74, 6) is 0.0226. The zero-order valence-electron chi connectivity index (χ0n) is 16.1. The van der Waals surface area contributed by atoms with Gasteiger partial charge in [0.2, 0.25) is 0 Å². The first-order valence-corrected chi connectivity index (χ1v) is 9.41. The van der Waals surface area contributed by atoms with Crippen LogP contribution in [0, 0.1) is 6.92 Å². The van der Waals surface area contributed by atoms with Crippen molar-refractivity contribution in [3.63, 3.8) is 0 Å². The number of aromatic amines is 1. The van der Waals surface area contributed by atoms with Crippen molar-refractivity contribution in [3.05, 3.63) is 46.8 Å². The molecule has 0 atom stereocenters. The van der Waals surface area contributed by atoms with Gasteiger partial charge in [-0.15, -0.1) is 0 Å². The summed E-state index contributed by atoms with van der Waals surface area (Å²) < 4.78 is 10.8. The number of carbonyl (C=O) groups excluding carboxylic acids is 2. The van der Waals surface area contributed by atoms with Crippen LogP contribution in [0.1, 0.15) is 64.7 Å². The molecule has 1 heterocycles. The Hall–Kier alpha value is -2.76. The molecule has 0 bridgehead atoms. The fourth-order valence-corrected chi connectivity index (χ4v) is 3.57. The Bertz CT molecular complexity index is 835. The number of esters is 1. The Morgan fingerprint density at radius 2 is 2.00 bits per heavy atom. The fraction of sp³-hybridized carbons (Fsp3) is 0.429. The van der Waals surface area contributed by atoms with Crippen LogP contribution in [0.15, 0.2) is 24.3 Å². The van der Waals surface area contributed by atoms with Gasteiger partial charge >= 0.3 is 5.97 Å². The molecule has 3 rings (SSSR count). The highest BCUT2D eigenvalue weighted by atomic mass is 16.5. The molecule has 0 saturated heterocycles. The third kappa shape index (κ3) is 4.15. The monoisotopic (exact) mass is 370 g/mol. The smallest absolute Gasteiger partial charge is 0.339 e. The minimum absolute atomic E-state index is 0.260. The van der Waals surface area contributed by atoms with Gasteiger partial charge in [0, 0.05) is 17.4 Å². The molecule has 0 unspecified atom stereocenters. The van der Waals surface area contributed by atoms with E-state index >= 15 is 0 Å². The number of aryl methyl sites for hydroxylation is 1. The Morgan fingerprint density at radius 3 is 2.67 bits per heavy atom. The fourth-order valence-electron chi connectivity index (χ4n) is 3.57. The summed E-state index contributed by atoms with van der Waals surface area (Å²) in [5, 5.41) is 2.88. The Balaban J connectivity index is 1.77. The normalized spacial score (nSPS) is 14.2. The second kappa shape index (κ2) is 8.29. The van der Waals surface area contributed by atoms with E-state index in [1.54, 1.807) is 6.92 Å². The number of ether oxygens (including phenoxy) is 2. The van der Waals surface area contributed by atoms with E-state index in [4.69, 9.17) is 9.47 Å². The maximum absolute atomic E-state index is 12.7. The number of aromatic nitrogens is 1. The number of rotatable bonds is 6. The third-order valence-corrected chi connectivity index (χ3v) is 4.99. The Labute approximate surface area is 159 Å². The number of methoxy groups -OCH3 is 1. The summed E-state index contributed by atoms with van der Waals surface area (Å²) in [5.41, 5.74) is 2.75. The molecule has 1 aliphatic rings. The van der Waals surface area contributed by atoms with Gasteiger partial charge in [-0.05, 0) is 56.7 Å². The van der Waals surface area contributed by atoms with Crippen molar-refractivity contribution in [3.8, 4) is 5.75 Å². The number of amides is 1. The lowest BCUT2D eigenvalue weighted by molar-refractivity contribution is 0.0599. The first kappa shape index (κ1) is 19.0. The SMILES string of the molecule is CCc1[nH]c(C(=O)Nc2cccc(OC3CCCC3)c2)c(C)c1C(=O)OC. The van der Waals surface area contributed by atoms with Crippen molar-refractivity contribution in [1.29, 1.82) is 0 Å². The summed E-state index contributed by atoms with van der Waals surface area (Å²) in [6, 6.07) is 7.41. The van der Waals surface area contributed by atoms with Gasteiger partial charge in [0.1, 0.15) is 11.4 Å². The summed E-state index contributed by atoms with van der Waals surface area (Å²) in [6.07, 6.45) is 5.42. The molecule has 1 amide bonds. The van der Waals surface area contributed by atoms with Crippen molar-refractivity contribution in [2.45, 2.75) is 52.1 Å². The molecule has 6 nitrogen and oxygen atoms in total. The van der Waals surface area contributed by atoms with Crippen molar-refractivity contribution < 1.29 is 19.1 Å². The standard InChI is InChI=1S/C21H26N2O4/c1-4-17-18(21(25)26-3)13(2)19(23-17)20(24)22-14-8-7-11-16(12-14)27-15-9-5-6-10-15/h7-8,11-12,15,23H,4-6,9-10H2,1-3H3,(H,22,24). The van der Waals surface area contributed by atoms with E-state index < -0.39 is 5.97 Å².